The van der Waals surface area contributed by atoms with E-state index in [-0.39, 0.29) is 23.7 Å². The molecule has 0 aromatic carbocycles. The van der Waals surface area contributed by atoms with Crippen molar-refractivity contribution in [3.63, 3.8) is 0 Å². The van der Waals surface area contributed by atoms with Gasteiger partial charge >= 0.3 is 0 Å². The standard InChI is InChI=1S/C10H18N2O2/c1-7-8(2)10(14)12(4)6-5-11(3)9(7)13/h7-8H,5-6H2,1-4H3. The number of carbonyl (C=O) groups excluding carboxylic acids is 2. The topological polar surface area (TPSA) is 40.6 Å². The molecule has 0 radical (unpaired) electrons. The van der Waals surface area contributed by atoms with Crippen LogP contribution in [0.1, 0.15) is 13.8 Å². The second-order valence-corrected chi connectivity index (χ2v) is 4.10. The number of hydrogen-bond donors (Lipinski definition) is 0. The summed E-state index contributed by atoms with van der Waals surface area (Å²) in [7, 11) is 3.57. The van der Waals surface area contributed by atoms with E-state index in [4.69, 9.17) is 0 Å². The molecular weight excluding hydrogens is 180 g/mol. The summed E-state index contributed by atoms with van der Waals surface area (Å²) in [5.74, 6) is -0.289. The molecule has 0 bridgehead atoms. The first-order valence-corrected chi connectivity index (χ1v) is 4.95. The Morgan fingerprint density at radius 3 is 1.50 bits per heavy atom. The molecule has 0 spiro atoms. The maximum absolute atomic E-state index is 11.7. The van der Waals surface area contributed by atoms with Crippen molar-refractivity contribution in [2.75, 3.05) is 27.2 Å². The van der Waals surface area contributed by atoms with Gasteiger partial charge in [-0.15, -0.1) is 0 Å². The minimum atomic E-state index is -0.213. The molecule has 1 saturated heterocycles. The second kappa shape index (κ2) is 3.98. The van der Waals surface area contributed by atoms with Crippen LogP contribution in [0, 0.1) is 11.8 Å². The van der Waals surface area contributed by atoms with E-state index in [0.29, 0.717) is 13.1 Å². The van der Waals surface area contributed by atoms with Crippen LogP contribution in [0.5, 0.6) is 0 Å². The molecule has 1 heterocycles. The maximum Gasteiger partial charge on any atom is 0.225 e. The molecular formula is C10H18N2O2. The van der Waals surface area contributed by atoms with Crippen molar-refractivity contribution >= 4 is 11.8 Å². The summed E-state index contributed by atoms with van der Waals surface area (Å²) in [6, 6.07) is 0. The predicted molar refractivity (Wildman–Crippen MR) is 53.6 cm³/mol. The lowest BCUT2D eigenvalue weighted by molar-refractivity contribution is -0.146. The zero-order chi connectivity index (χ0) is 10.9. The molecule has 14 heavy (non-hydrogen) atoms. The summed E-state index contributed by atoms with van der Waals surface area (Å²) in [4.78, 5) is 26.8. The summed E-state index contributed by atoms with van der Waals surface area (Å²) < 4.78 is 0. The predicted octanol–water partition coefficient (Wildman–Crippen LogP) is 0.189. The Hall–Kier alpha value is -1.06. The molecule has 1 aliphatic rings. The van der Waals surface area contributed by atoms with Gasteiger partial charge in [-0.2, -0.15) is 0 Å². The third-order valence-electron chi connectivity index (χ3n) is 3.05. The van der Waals surface area contributed by atoms with Crippen LogP contribution in [0.25, 0.3) is 0 Å². The molecule has 1 fully saturated rings. The minimum absolute atomic E-state index is 0.0685. The number of rotatable bonds is 0. The lowest BCUT2D eigenvalue weighted by Gasteiger charge is -2.32. The van der Waals surface area contributed by atoms with Crippen molar-refractivity contribution < 1.29 is 9.59 Å². The van der Waals surface area contributed by atoms with E-state index in [2.05, 4.69) is 0 Å². The van der Waals surface area contributed by atoms with Gasteiger partial charge < -0.3 is 9.80 Å². The highest BCUT2D eigenvalue weighted by molar-refractivity contribution is 5.87. The molecule has 1 rings (SSSR count). The van der Waals surface area contributed by atoms with Gasteiger partial charge in [-0.05, 0) is 0 Å². The van der Waals surface area contributed by atoms with Gasteiger partial charge in [0.1, 0.15) is 0 Å². The van der Waals surface area contributed by atoms with Gasteiger partial charge in [0, 0.05) is 39.0 Å². The highest BCUT2D eigenvalue weighted by Crippen LogP contribution is 2.18. The fourth-order valence-electron chi connectivity index (χ4n) is 1.64. The molecule has 0 aliphatic carbocycles. The van der Waals surface area contributed by atoms with E-state index < -0.39 is 0 Å². The van der Waals surface area contributed by atoms with Crippen molar-refractivity contribution in [2.24, 2.45) is 11.8 Å². The molecule has 2 atom stereocenters. The smallest absolute Gasteiger partial charge is 0.225 e. The fraction of sp³-hybridized carbons (Fsp3) is 0.800. The lowest BCUT2D eigenvalue weighted by Crippen LogP contribution is -2.48. The zero-order valence-electron chi connectivity index (χ0n) is 9.28. The van der Waals surface area contributed by atoms with E-state index in [0.717, 1.165) is 0 Å². The molecule has 1 aliphatic heterocycles. The zero-order valence-corrected chi connectivity index (χ0v) is 9.28. The first kappa shape index (κ1) is 11.0. The van der Waals surface area contributed by atoms with Crippen LogP contribution in [-0.4, -0.2) is 48.8 Å². The van der Waals surface area contributed by atoms with Crippen LogP contribution in [0.4, 0.5) is 0 Å². The van der Waals surface area contributed by atoms with Crippen LogP contribution in [0.3, 0.4) is 0 Å². The van der Waals surface area contributed by atoms with E-state index >= 15 is 0 Å². The molecule has 0 N–H and O–H groups in total. The Balaban J connectivity index is 2.85. The largest absolute Gasteiger partial charge is 0.344 e. The third-order valence-corrected chi connectivity index (χ3v) is 3.05. The summed E-state index contributed by atoms with van der Waals surface area (Å²) in [5.41, 5.74) is 0. The molecule has 0 saturated carbocycles. The van der Waals surface area contributed by atoms with Crippen molar-refractivity contribution in [1.29, 1.82) is 0 Å². The highest BCUT2D eigenvalue weighted by Gasteiger charge is 2.32. The van der Waals surface area contributed by atoms with Gasteiger partial charge in [0.15, 0.2) is 0 Å². The molecule has 2 amide bonds. The van der Waals surface area contributed by atoms with Crippen molar-refractivity contribution in [2.45, 2.75) is 13.8 Å². The average Bonchev–Trinajstić information content (AvgIpc) is 2.19. The first-order chi connectivity index (χ1) is 6.45. The average molecular weight is 198 g/mol. The second-order valence-electron chi connectivity index (χ2n) is 4.10. The Labute approximate surface area is 84.9 Å². The summed E-state index contributed by atoms with van der Waals surface area (Å²) in [5, 5.41) is 0. The van der Waals surface area contributed by atoms with Crippen molar-refractivity contribution in [1.82, 2.24) is 9.80 Å². The molecule has 0 aromatic rings. The van der Waals surface area contributed by atoms with E-state index in [1.165, 1.54) is 0 Å². The van der Waals surface area contributed by atoms with Gasteiger partial charge in [0.25, 0.3) is 0 Å². The van der Waals surface area contributed by atoms with Crippen LogP contribution in [-0.2, 0) is 9.59 Å². The molecule has 80 valence electrons. The molecule has 2 unspecified atom stereocenters. The lowest BCUT2D eigenvalue weighted by atomic mass is 9.92. The highest BCUT2D eigenvalue weighted by atomic mass is 16.2. The molecule has 4 nitrogen and oxygen atoms in total. The Bertz CT molecular complexity index is 227. The maximum atomic E-state index is 11.7. The van der Waals surface area contributed by atoms with Crippen molar-refractivity contribution in [3.05, 3.63) is 0 Å². The quantitative estimate of drug-likeness (QED) is 0.557. The van der Waals surface area contributed by atoms with Gasteiger partial charge in [-0.3, -0.25) is 9.59 Å². The molecule has 4 heteroatoms. The fourth-order valence-corrected chi connectivity index (χ4v) is 1.64. The van der Waals surface area contributed by atoms with E-state index in [9.17, 15) is 9.59 Å². The van der Waals surface area contributed by atoms with Gasteiger partial charge in [0.05, 0.1) is 0 Å². The van der Waals surface area contributed by atoms with Gasteiger partial charge in [-0.1, -0.05) is 13.8 Å². The normalized spacial score (nSPS) is 30.3. The summed E-state index contributed by atoms with van der Waals surface area (Å²) in [6.45, 7) is 4.89. The van der Waals surface area contributed by atoms with Gasteiger partial charge in [0.2, 0.25) is 11.8 Å². The van der Waals surface area contributed by atoms with Crippen molar-refractivity contribution in [3.8, 4) is 0 Å². The Kier molecular flexibility index (Phi) is 3.13. The van der Waals surface area contributed by atoms with Crippen LogP contribution >= 0.6 is 0 Å². The van der Waals surface area contributed by atoms with E-state index in [1.807, 2.05) is 13.8 Å². The van der Waals surface area contributed by atoms with E-state index in [1.54, 1.807) is 23.9 Å². The number of carbonyl (C=O) groups is 2. The van der Waals surface area contributed by atoms with Crippen LogP contribution in [0.15, 0.2) is 0 Å². The monoisotopic (exact) mass is 198 g/mol. The summed E-state index contributed by atoms with van der Waals surface area (Å²) >= 11 is 0. The first-order valence-electron chi connectivity index (χ1n) is 4.95. The Morgan fingerprint density at radius 2 is 1.21 bits per heavy atom. The molecule has 0 aromatic heterocycles. The number of likely N-dealkylation sites (N-methyl/N-ethyl adjacent to an activating group) is 2. The number of amides is 2. The Morgan fingerprint density at radius 1 is 0.929 bits per heavy atom. The number of nitrogens with zero attached hydrogens (tertiary/aromatic N) is 2. The van der Waals surface area contributed by atoms with Crippen LogP contribution < -0.4 is 0 Å². The number of hydrogen-bond acceptors (Lipinski definition) is 2. The van der Waals surface area contributed by atoms with Gasteiger partial charge in [-0.25, -0.2) is 0 Å². The third kappa shape index (κ3) is 1.89. The summed E-state index contributed by atoms with van der Waals surface area (Å²) in [6.07, 6.45) is 0. The SMILES string of the molecule is CC1C(=O)N(C)CCN(C)C(=O)C1C. The van der Waals surface area contributed by atoms with Crippen LogP contribution in [0.2, 0.25) is 0 Å². The minimum Gasteiger partial charge on any atom is -0.344 e.